The second kappa shape index (κ2) is 4.63. The standard InChI is InChI=1S/C11H13BrClNO2/c1-11(2,3)16-10(15)7-4-6(13)5-8(12)9(7)14/h4-5H,14H2,1-3H3. The molecular weight excluding hydrogens is 293 g/mol. The van der Waals surface area contributed by atoms with Crippen LogP contribution in [0.15, 0.2) is 16.6 Å². The molecule has 0 spiro atoms. The average Bonchev–Trinajstić information content (AvgIpc) is 2.08. The van der Waals surface area contributed by atoms with Crippen LogP contribution in [0, 0.1) is 0 Å². The Balaban J connectivity index is 3.09. The third kappa shape index (κ3) is 3.39. The molecule has 0 saturated carbocycles. The quantitative estimate of drug-likeness (QED) is 0.636. The van der Waals surface area contributed by atoms with E-state index < -0.39 is 11.6 Å². The van der Waals surface area contributed by atoms with Gasteiger partial charge in [0.15, 0.2) is 0 Å². The molecule has 2 N–H and O–H groups in total. The minimum atomic E-state index is -0.557. The van der Waals surface area contributed by atoms with E-state index in [0.29, 0.717) is 15.2 Å². The lowest BCUT2D eigenvalue weighted by Gasteiger charge is -2.20. The lowest BCUT2D eigenvalue weighted by atomic mass is 10.1. The largest absolute Gasteiger partial charge is 0.456 e. The summed E-state index contributed by atoms with van der Waals surface area (Å²) in [6.07, 6.45) is 0. The summed E-state index contributed by atoms with van der Waals surface area (Å²) >= 11 is 9.07. The maximum Gasteiger partial charge on any atom is 0.340 e. The van der Waals surface area contributed by atoms with E-state index in [-0.39, 0.29) is 5.56 Å². The Labute approximate surface area is 108 Å². The van der Waals surface area contributed by atoms with Crippen LogP contribution < -0.4 is 5.73 Å². The van der Waals surface area contributed by atoms with Crippen molar-refractivity contribution in [1.29, 1.82) is 0 Å². The number of carbonyl (C=O) groups is 1. The molecule has 0 radical (unpaired) electrons. The zero-order valence-electron chi connectivity index (χ0n) is 9.30. The van der Waals surface area contributed by atoms with Gasteiger partial charge in [0.25, 0.3) is 0 Å². The Hall–Kier alpha value is -0.740. The third-order valence-corrected chi connectivity index (χ3v) is 2.59. The monoisotopic (exact) mass is 305 g/mol. The van der Waals surface area contributed by atoms with Crippen LogP contribution in [0.2, 0.25) is 5.02 Å². The highest BCUT2D eigenvalue weighted by atomic mass is 79.9. The van der Waals surface area contributed by atoms with E-state index in [4.69, 9.17) is 22.1 Å². The fraction of sp³-hybridized carbons (Fsp3) is 0.364. The lowest BCUT2D eigenvalue weighted by molar-refractivity contribution is 0.00707. The molecule has 88 valence electrons. The second-order valence-corrected chi connectivity index (χ2v) is 5.64. The highest BCUT2D eigenvalue weighted by molar-refractivity contribution is 9.10. The smallest absolute Gasteiger partial charge is 0.340 e. The molecule has 1 aromatic rings. The zero-order chi connectivity index (χ0) is 12.5. The summed E-state index contributed by atoms with van der Waals surface area (Å²) in [5, 5.41) is 0.432. The van der Waals surface area contributed by atoms with Crippen molar-refractivity contribution in [3.05, 3.63) is 27.2 Å². The first-order valence-corrected chi connectivity index (χ1v) is 5.85. The Morgan fingerprint density at radius 3 is 2.50 bits per heavy atom. The SMILES string of the molecule is CC(C)(C)OC(=O)c1cc(Cl)cc(Br)c1N. The van der Waals surface area contributed by atoms with E-state index >= 15 is 0 Å². The Morgan fingerprint density at radius 1 is 1.44 bits per heavy atom. The van der Waals surface area contributed by atoms with Gasteiger partial charge in [-0.3, -0.25) is 0 Å². The van der Waals surface area contributed by atoms with Gasteiger partial charge in [0, 0.05) is 9.50 Å². The molecule has 0 fully saturated rings. The van der Waals surface area contributed by atoms with Crippen LogP contribution in [0.1, 0.15) is 31.1 Å². The number of benzene rings is 1. The summed E-state index contributed by atoms with van der Waals surface area (Å²) in [5.74, 6) is -0.479. The number of rotatable bonds is 1. The number of carbonyl (C=O) groups excluding carboxylic acids is 1. The van der Waals surface area contributed by atoms with E-state index in [1.54, 1.807) is 26.8 Å². The fourth-order valence-electron chi connectivity index (χ4n) is 1.09. The molecule has 0 heterocycles. The van der Waals surface area contributed by atoms with Gasteiger partial charge in [-0.25, -0.2) is 4.79 Å². The molecule has 0 saturated heterocycles. The molecule has 0 bridgehead atoms. The molecular formula is C11H13BrClNO2. The van der Waals surface area contributed by atoms with E-state index in [1.165, 1.54) is 6.07 Å². The summed E-state index contributed by atoms with van der Waals surface area (Å²) in [6.45, 7) is 5.38. The molecule has 0 aliphatic carbocycles. The van der Waals surface area contributed by atoms with E-state index in [0.717, 1.165) is 0 Å². The summed E-state index contributed by atoms with van der Waals surface area (Å²) in [6, 6.07) is 3.13. The van der Waals surface area contributed by atoms with Gasteiger partial charge < -0.3 is 10.5 Å². The van der Waals surface area contributed by atoms with Gasteiger partial charge in [-0.1, -0.05) is 11.6 Å². The number of nitrogen functional groups attached to an aromatic ring is 1. The van der Waals surface area contributed by atoms with Gasteiger partial charge in [-0.2, -0.15) is 0 Å². The number of halogens is 2. The van der Waals surface area contributed by atoms with Crippen LogP contribution in [-0.2, 0) is 4.74 Å². The van der Waals surface area contributed by atoms with Gasteiger partial charge in [0.2, 0.25) is 0 Å². The first kappa shape index (κ1) is 13.3. The van der Waals surface area contributed by atoms with Gasteiger partial charge in [-0.05, 0) is 48.8 Å². The van der Waals surface area contributed by atoms with Gasteiger partial charge >= 0.3 is 5.97 Å². The van der Waals surface area contributed by atoms with E-state index in [1.807, 2.05) is 0 Å². The zero-order valence-corrected chi connectivity index (χ0v) is 11.6. The number of hydrogen-bond donors (Lipinski definition) is 1. The molecule has 0 amide bonds. The van der Waals surface area contributed by atoms with Crippen molar-refractivity contribution in [3.8, 4) is 0 Å². The van der Waals surface area contributed by atoms with E-state index in [9.17, 15) is 4.79 Å². The highest BCUT2D eigenvalue weighted by Gasteiger charge is 2.21. The number of nitrogens with two attached hydrogens (primary N) is 1. The number of esters is 1. The molecule has 1 rings (SSSR count). The van der Waals surface area contributed by atoms with Crippen molar-refractivity contribution in [2.24, 2.45) is 0 Å². The molecule has 3 nitrogen and oxygen atoms in total. The Morgan fingerprint density at radius 2 is 2.00 bits per heavy atom. The fourth-order valence-corrected chi connectivity index (χ4v) is 1.90. The number of anilines is 1. The third-order valence-electron chi connectivity index (χ3n) is 1.71. The van der Waals surface area contributed by atoms with Crippen molar-refractivity contribution in [1.82, 2.24) is 0 Å². The number of hydrogen-bond acceptors (Lipinski definition) is 3. The van der Waals surface area contributed by atoms with Crippen molar-refractivity contribution in [2.75, 3.05) is 5.73 Å². The van der Waals surface area contributed by atoms with Crippen molar-refractivity contribution in [3.63, 3.8) is 0 Å². The summed E-state index contributed by atoms with van der Waals surface area (Å²) < 4.78 is 5.80. The molecule has 5 heteroatoms. The minimum Gasteiger partial charge on any atom is -0.456 e. The van der Waals surface area contributed by atoms with Crippen LogP contribution in [0.3, 0.4) is 0 Å². The average molecular weight is 307 g/mol. The van der Waals surface area contributed by atoms with Crippen molar-refractivity contribution in [2.45, 2.75) is 26.4 Å². The van der Waals surface area contributed by atoms with Crippen molar-refractivity contribution >= 4 is 39.2 Å². The highest BCUT2D eigenvalue weighted by Crippen LogP contribution is 2.29. The first-order valence-electron chi connectivity index (χ1n) is 4.68. The van der Waals surface area contributed by atoms with Crippen LogP contribution in [-0.4, -0.2) is 11.6 Å². The van der Waals surface area contributed by atoms with Crippen LogP contribution >= 0.6 is 27.5 Å². The van der Waals surface area contributed by atoms with Crippen LogP contribution in [0.25, 0.3) is 0 Å². The van der Waals surface area contributed by atoms with Crippen LogP contribution in [0.4, 0.5) is 5.69 Å². The molecule has 16 heavy (non-hydrogen) atoms. The predicted molar refractivity (Wildman–Crippen MR) is 68.7 cm³/mol. The molecule has 0 aliphatic rings. The van der Waals surface area contributed by atoms with Gasteiger partial charge in [0.1, 0.15) is 5.60 Å². The maximum atomic E-state index is 11.8. The van der Waals surface area contributed by atoms with Crippen molar-refractivity contribution < 1.29 is 9.53 Å². The first-order chi connectivity index (χ1) is 7.20. The lowest BCUT2D eigenvalue weighted by Crippen LogP contribution is -2.24. The summed E-state index contributed by atoms with van der Waals surface area (Å²) in [4.78, 5) is 11.8. The molecule has 0 atom stereocenters. The molecule has 0 aromatic heterocycles. The predicted octanol–water partition coefficient (Wildman–Crippen LogP) is 3.64. The summed E-state index contributed by atoms with van der Waals surface area (Å²) in [7, 11) is 0. The van der Waals surface area contributed by atoms with Gasteiger partial charge in [-0.15, -0.1) is 0 Å². The minimum absolute atomic E-state index is 0.273. The van der Waals surface area contributed by atoms with Crippen LogP contribution in [0.5, 0.6) is 0 Å². The topological polar surface area (TPSA) is 52.3 Å². The molecule has 0 unspecified atom stereocenters. The summed E-state index contributed by atoms with van der Waals surface area (Å²) in [5.41, 5.74) is 5.81. The second-order valence-electron chi connectivity index (χ2n) is 4.35. The Bertz CT molecular complexity index is 427. The normalized spacial score (nSPS) is 11.3. The number of ether oxygens (including phenoxy) is 1. The molecule has 1 aromatic carbocycles. The maximum absolute atomic E-state index is 11.8. The van der Waals surface area contributed by atoms with Gasteiger partial charge in [0.05, 0.1) is 11.3 Å². The van der Waals surface area contributed by atoms with E-state index in [2.05, 4.69) is 15.9 Å². The Kier molecular flexibility index (Phi) is 3.86. The molecule has 0 aliphatic heterocycles.